The molecule has 1 aromatic carbocycles. The molecule has 0 unspecified atom stereocenters. The van der Waals surface area contributed by atoms with Crippen LogP contribution in [0.3, 0.4) is 0 Å². The van der Waals surface area contributed by atoms with Crippen LogP contribution in [0.5, 0.6) is 0 Å². The number of benzene rings is 1. The zero-order valence-electron chi connectivity index (χ0n) is 14.2. The number of aliphatic carboxylic acids is 1. The zero-order chi connectivity index (χ0) is 17.2. The first-order valence-corrected chi connectivity index (χ1v) is 8.73. The fraction of sp³-hybridized carbons (Fsp3) is 0.579. The summed E-state index contributed by atoms with van der Waals surface area (Å²) in [4.78, 5) is 26.0. The standard InChI is InChI=1S/C19H25NO4/c1-2-20(17(23)24-14-15-6-4-3-5-7-15)19-11-8-18(9-12-19,10-13-19)16(21)22/h3-7H,2,8-14H2,1H3,(H,21,22). The first-order chi connectivity index (χ1) is 11.5. The van der Waals surface area contributed by atoms with Gasteiger partial charge in [0, 0.05) is 12.1 Å². The third-order valence-electron chi connectivity index (χ3n) is 5.97. The summed E-state index contributed by atoms with van der Waals surface area (Å²) in [5.74, 6) is -0.675. The van der Waals surface area contributed by atoms with Crippen molar-refractivity contribution in [3.8, 4) is 0 Å². The van der Waals surface area contributed by atoms with E-state index >= 15 is 0 Å². The molecular formula is C19H25NO4. The number of carbonyl (C=O) groups is 2. The van der Waals surface area contributed by atoms with Crippen molar-refractivity contribution >= 4 is 12.1 Å². The molecule has 5 heteroatoms. The molecule has 0 spiro atoms. The smallest absolute Gasteiger partial charge is 0.410 e. The lowest BCUT2D eigenvalue weighted by atomic mass is 9.57. The molecule has 24 heavy (non-hydrogen) atoms. The second-order valence-corrected chi connectivity index (χ2v) is 7.09. The second-order valence-electron chi connectivity index (χ2n) is 7.09. The number of hydrogen-bond donors (Lipinski definition) is 1. The Morgan fingerprint density at radius 2 is 1.67 bits per heavy atom. The lowest BCUT2D eigenvalue weighted by Gasteiger charge is -2.55. The van der Waals surface area contributed by atoms with E-state index in [4.69, 9.17) is 4.74 Å². The molecule has 3 aliphatic carbocycles. The van der Waals surface area contributed by atoms with Gasteiger partial charge in [-0.2, -0.15) is 0 Å². The van der Waals surface area contributed by atoms with Gasteiger partial charge in [-0.1, -0.05) is 30.3 Å². The van der Waals surface area contributed by atoms with E-state index in [2.05, 4.69) is 0 Å². The molecule has 0 saturated heterocycles. The summed E-state index contributed by atoms with van der Waals surface area (Å²) >= 11 is 0. The molecular weight excluding hydrogens is 306 g/mol. The molecule has 1 aromatic rings. The van der Waals surface area contributed by atoms with E-state index in [-0.39, 0.29) is 18.2 Å². The van der Waals surface area contributed by atoms with Gasteiger partial charge in [-0.25, -0.2) is 4.79 Å². The van der Waals surface area contributed by atoms with Gasteiger partial charge in [0.15, 0.2) is 0 Å². The van der Waals surface area contributed by atoms with E-state index in [9.17, 15) is 14.7 Å². The van der Waals surface area contributed by atoms with Crippen LogP contribution in [0, 0.1) is 5.41 Å². The minimum atomic E-state index is -0.675. The van der Waals surface area contributed by atoms with Gasteiger partial charge in [-0.3, -0.25) is 4.79 Å². The van der Waals surface area contributed by atoms with Gasteiger partial charge >= 0.3 is 12.1 Å². The second kappa shape index (κ2) is 6.46. The van der Waals surface area contributed by atoms with Gasteiger partial charge in [0.2, 0.25) is 0 Å². The lowest BCUT2D eigenvalue weighted by Crippen LogP contribution is -2.60. The van der Waals surface area contributed by atoms with E-state index in [1.54, 1.807) is 0 Å². The van der Waals surface area contributed by atoms with Gasteiger partial charge in [0.1, 0.15) is 6.61 Å². The average Bonchev–Trinajstić information content (AvgIpc) is 2.63. The highest BCUT2D eigenvalue weighted by Crippen LogP contribution is 2.54. The number of carboxylic acids is 1. The van der Waals surface area contributed by atoms with Gasteiger partial charge in [0.25, 0.3) is 0 Å². The predicted molar refractivity (Wildman–Crippen MR) is 89.5 cm³/mol. The number of amides is 1. The Morgan fingerprint density at radius 3 is 2.17 bits per heavy atom. The minimum Gasteiger partial charge on any atom is -0.481 e. The molecule has 2 bridgehead atoms. The fourth-order valence-corrected chi connectivity index (χ4v) is 4.35. The van der Waals surface area contributed by atoms with Crippen molar-refractivity contribution in [2.45, 2.75) is 57.6 Å². The molecule has 5 nitrogen and oxygen atoms in total. The maximum absolute atomic E-state index is 12.6. The number of carboxylic acid groups (broad SMARTS) is 1. The number of fused-ring (bicyclic) bond motifs is 3. The highest BCUT2D eigenvalue weighted by molar-refractivity contribution is 5.75. The average molecular weight is 331 g/mol. The van der Waals surface area contributed by atoms with E-state index in [1.807, 2.05) is 42.2 Å². The van der Waals surface area contributed by atoms with Crippen LogP contribution >= 0.6 is 0 Å². The summed E-state index contributed by atoms with van der Waals surface area (Å²) in [6, 6.07) is 9.65. The van der Waals surface area contributed by atoms with Crippen LogP contribution in [0.2, 0.25) is 0 Å². The summed E-state index contributed by atoms with van der Waals surface area (Å²) in [6.45, 7) is 2.82. The molecule has 1 amide bonds. The largest absolute Gasteiger partial charge is 0.481 e. The molecule has 0 aliphatic heterocycles. The van der Waals surface area contributed by atoms with Crippen LogP contribution in [0.4, 0.5) is 4.79 Å². The normalized spacial score (nSPS) is 28.4. The number of nitrogens with zero attached hydrogens (tertiary/aromatic N) is 1. The maximum Gasteiger partial charge on any atom is 0.410 e. The van der Waals surface area contributed by atoms with Gasteiger partial charge in [-0.15, -0.1) is 0 Å². The molecule has 0 radical (unpaired) electrons. The Balaban J connectivity index is 1.66. The van der Waals surface area contributed by atoms with Gasteiger partial charge in [-0.05, 0) is 51.0 Å². The first kappa shape index (κ1) is 16.8. The van der Waals surface area contributed by atoms with Crippen LogP contribution in [-0.4, -0.2) is 34.2 Å². The van der Waals surface area contributed by atoms with Crippen molar-refractivity contribution in [3.05, 3.63) is 35.9 Å². The van der Waals surface area contributed by atoms with Crippen molar-refractivity contribution < 1.29 is 19.4 Å². The Hall–Kier alpha value is -2.04. The number of hydrogen-bond acceptors (Lipinski definition) is 3. The third-order valence-corrected chi connectivity index (χ3v) is 5.97. The number of carbonyl (C=O) groups excluding carboxylic acids is 1. The van der Waals surface area contributed by atoms with Crippen LogP contribution in [0.15, 0.2) is 30.3 Å². The van der Waals surface area contributed by atoms with Crippen molar-refractivity contribution in [2.24, 2.45) is 5.41 Å². The summed E-state index contributed by atoms with van der Waals surface area (Å²) in [6.07, 6.45) is 3.96. The van der Waals surface area contributed by atoms with Gasteiger partial charge in [0.05, 0.1) is 5.41 Å². The van der Waals surface area contributed by atoms with Crippen LogP contribution < -0.4 is 0 Å². The van der Waals surface area contributed by atoms with E-state index in [0.717, 1.165) is 24.8 Å². The Labute approximate surface area is 142 Å². The fourth-order valence-electron chi connectivity index (χ4n) is 4.35. The predicted octanol–water partition coefficient (Wildman–Crippen LogP) is 3.82. The van der Waals surface area contributed by atoms with Crippen LogP contribution in [-0.2, 0) is 16.1 Å². The lowest BCUT2D eigenvalue weighted by molar-refractivity contribution is -0.159. The van der Waals surface area contributed by atoms with Crippen molar-refractivity contribution in [1.82, 2.24) is 4.90 Å². The summed E-state index contributed by atoms with van der Waals surface area (Å²) in [7, 11) is 0. The molecule has 3 fully saturated rings. The first-order valence-electron chi connectivity index (χ1n) is 8.73. The molecule has 130 valence electrons. The summed E-state index contributed by atoms with van der Waals surface area (Å²) in [5, 5.41) is 9.51. The number of rotatable bonds is 5. The maximum atomic E-state index is 12.6. The Kier molecular flexibility index (Phi) is 4.52. The zero-order valence-corrected chi connectivity index (χ0v) is 14.2. The molecule has 3 saturated carbocycles. The van der Waals surface area contributed by atoms with E-state index in [0.29, 0.717) is 25.8 Å². The number of ether oxygens (including phenoxy) is 1. The van der Waals surface area contributed by atoms with Gasteiger partial charge < -0.3 is 14.7 Å². The molecule has 1 N–H and O–H groups in total. The summed E-state index contributed by atoms with van der Waals surface area (Å²) < 4.78 is 5.52. The third kappa shape index (κ3) is 2.87. The van der Waals surface area contributed by atoms with E-state index < -0.39 is 11.4 Å². The Morgan fingerprint density at radius 1 is 1.08 bits per heavy atom. The Bertz CT molecular complexity index is 589. The topological polar surface area (TPSA) is 66.8 Å². The highest BCUT2D eigenvalue weighted by Gasteiger charge is 2.55. The molecule has 4 rings (SSSR count). The monoisotopic (exact) mass is 331 g/mol. The highest BCUT2D eigenvalue weighted by atomic mass is 16.6. The summed E-state index contributed by atoms with van der Waals surface area (Å²) in [5.41, 5.74) is 0.186. The van der Waals surface area contributed by atoms with Crippen LogP contribution in [0.1, 0.15) is 51.0 Å². The van der Waals surface area contributed by atoms with Crippen molar-refractivity contribution in [1.29, 1.82) is 0 Å². The van der Waals surface area contributed by atoms with E-state index in [1.165, 1.54) is 0 Å². The molecule has 0 atom stereocenters. The minimum absolute atomic E-state index is 0.222. The van der Waals surface area contributed by atoms with Crippen molar-refractivity contribution in [3.63, 3.8) is 0 Å². The van der Waals surface area contributed by atoms with Crippen LogP contribution in [0.25, 0.3) is 0 Å². The SMILES string of the molecule is CCN(C(=O)OCc1ccccc1)C12CCC(C(=O)O)(CC1)CC2. The molecule has 0 aromatic heterocycles. The molecule has 3 aliphatic rings. The van der Waals surface area contributed by atoms with Crippen molar-refractivity contribution in [2.75, 3.05) is 6.54 Å². The quantitative estimate of drug-likeness (QED) is 0.890. The molecule has 0 heterocycles.